The van der Waals surface area contributed by atoms with E-state index >= 15 is 4.39 Å². The number of halogens is 1. The average Bonchev–Trinajstić information content (AvgIpc) is 3.49. The van der Waals surface area contributed by atoms with Crippen LogP contribution in [0.4, 0.5) is 21.1 Å². The molecular formula is C23H28FN7O3. The van der Waals surface area contributed by atoms with Crippen LogP contribution in [0.15, 0.2) is 18.5 Å². The lowest BCUT2D eigenvalue weighted by molar-refractivity contribution is 0.110. The molecule has 1 atom stereocenters. The van der Waals surface area contributed by atoms with E-state index in [4.69, 9.17) is 4.74 Å². The normalized spacial score (nSPS) is 19.0. The number of rotatable bonds is 5. The van der Waals surface area contributed by atoms with Crippen molar-refractivity contribution < 1.29 is 19.0 Å². The van der Waals surface area contributed by atoms with Gasteiger partial charge in [0.15, 0.2) is 0 Å². The Balaban J connectivity index is 1.51. The largest absolute Gasteiger partial charge is 0.393 e. The van der Waals surface area contributed by atoms with Gasteiger partial charge in [0.05, 0.1) is 23.2 Å². The van der Waals surface area contributed by atoms with Crippen molar-refractivity contribution in [1.82, 2.24) is 25.3 Å². The molecule has 4 N–H and O–H groups in total. The van der Waals surface area contributed by atoms with Crippen molar-refractivity contribution in [3.8, 4) is 11.1 Å². The number of hydrogen-bond acceptors (Lipinski definition) is 7. The van der Waals surface area contributed by atoms with E-state index in [1.54, 1.807) is 18.5 Å². The fourth-order valence-corrected chi connectivity index (χ4v) is 4.52. The third-order valence-electron chi connectivity index (χ3n) is 6.27. The summed E-state index contributed by atoms with van der Waals surface area (Å²) < 4.78 is 21.7. The number of benzene rings is 1. The van der Waals surface area contributed by atoms with E-state index in [0.717, 1.165) is 6.42 Å². The third kappa shape index (κ3) is 4.40. The number of fused-ring (bicyclic) bond motifs is 1. The second-order valence-corrected chi connectivity index (χ2v) is 8.61. The number of ether oxygens (including phenoxy) is 1. The number of aromatic nitrogens is 4. The molecule has 11 heteroatoms. The minimum absolute atomic E-state index is 0.232. The van der Waals surface area contributed by atoms with Gasteiger partial charge in [-0.3, -0.25) is 5.32 Å². The highest BCUT2D eigenvalue weighted by atomic mass is 19.1. The molecule has 5 rings (SSSR count). The number of nitrogens with one attached hydrogen (secondary N) is 3. The molecule has 2 saturated heterocycles. The molecule has 0 spiro atoms. The number of nitrogens with zero attached hydrogens (tertiary/aromatic N) is 4. The van der Waals surface area contributed by atoms with Crippen LogP contribution in [0.2, 0.25) is 0 Å². The lowest BCUT2D eigenvalue weighted by Crippen LogP contribution is -2.36. The number of carbonyl (C=O) groups excluding carboxylic acids is 1. The molecule has 2 amide bonds. The topological polar surface area (TPSA) is 128 Å². The monoisotopic (exact) mass is 469 g/mol. The van der Waals surface area contributed by atoms with Gasteiger partial charge in [0.1, 0.15) is 5.82 Å². The van der Waals surface area contributed by atoms with Crippen LogP contribution in [0.5, 0.6) is 0 Å². The summed E-state index contributed by atoms with van der Waals surface area (Å²) in [6, 6.07) is 1.27. The first-order valence-corrected chi connectivity index (χ1v) is 11.7. The summed E-state index contributed by atoms with van der Waals surface area (Å²) in [5.41, 5.74) is 2.27. The SMILES string of the molecule is CCNC(=O)Nc1nc2c(C3CCCO3)c(F)c(-c3cnc(N4CCC(O)CC4)nc3)cc2[nH]1. The van der Waals surface area contributed by atoms with E-state index in [1.165, 1.54) is 0 Å². The molecule has 0 bridgehead atoms. The smallest absolute Gasteiger partial charge is 0.321 e. The molecule has 0 radical (unpaired) electrons. The predicted molar refractivity (Wildman–Crippen MR) is 125 cm³/mol. The standard InChI is InChI=1S/C23H28FN7O3/c1-2-25-23(33)30-21-28-16-10-15(19(24)18(20(16)29-21)17-4-3-9-34-17)13-11-26-22(27-12-13)31-7-5-14(32)6-8-31/h10-12,14,17,32H,2-9H2,1H3,(H3,25,28,29,30,33). The molecule has 0 aliphatic carbocycles. The molecule has 0 saturated carbocycles. The van der Waals surface area contributed by atoms with Crippen molar-refractivity contribution in [3.05, 3.63) is 29.8 Å². The fourth-order valence-electron chi connectivity index (χ4n) is 4.52. The second-order valence-electron chi connectivity index (χ2n) is 8.61. The van der Waals surface area contributed by atoms with Crippen LogP contribution in [-0.4, -0.2) is 63.4 Å². The lowest BCUT2D eigenvalue weighted by atomic mass is 9.98. The first kappa shape index (κ1) is 22.5. The molecule has 34 heavy (non-hydrogen) atoms. The van der Waals surface area contributed by atoms with Crippen LogP contribution in [0, 0.1) is 5.82 Å². The zero-order valence-corrected chi connectivity index (χ0v) is 19.0. The number of imidazole rings is 1. The van der Waals surface area contributed by atoms with Gasteiger partial charge >= 0.3 is 6.03 Å². The highest BCUT2D eigenvalue weighted by molar-refractivity contribution is 5.92. The van der Waals surface area contributed by atoms with Gasteiger partial charge in [0, 0.05) is 55.3 Å². The number of aromatic amines is 1. The van der Waals surface area contributed by atoms with Crippen molar-refractivity contribution >= 4 is 29.0 Å². The van der Waals surface area contributed by atoms with Crippen molar-refractivity contribution in [1.29, 1.82) is 0 Å². The minimum Gasteiger partial charge on any atom is -0.393 e. The Bertz CT molecular complexity index is 1170. The highest BCUT2D eigenvalue weighted by Gasteiger charge is 2.28. The van der Waals surface area contributed by atoms with E-state index in [9.17, 15) is 9.90 Å². The summed E-state index contributed by atoms with van der Waals surface area (Å²) in [4.78, 5) is 30.4. The Labute approximate surface area is 196 Å². The zero-order chi connectivity index (χ0) is 23.7. The number of anilines is 2. The van der Waals surface area contributed by atoms with E-state index in [2.05, 4.69) is 30.6 Å². The maximum Gasteiger partial charge on any atom is 0.321 e. The third-order valence-corrected chi connectivity index (χ3v) is 6.27. The first-order valence-electron chi connectivity index (χ1n) is 11.7. The molecule has 1 aromatic carbocycles. The number of hydrogen-bond donors (Lipinski definition) is 4. The lowest BCUT2D eigenvalue weighted by Gasteiger charge is -2.29. The molecule has 2 aliphatic heterocycles. The number of amides is 2. The molecule has 4 heterocycles. The summed E-state index contributed by atoms with van der Waals surface area (Å²) >= 11 is 0. The van der Waals surface area contributed by atoms with Crippen LogP contribution in [0.25, 0.3) is 22.2 Å². The predicted octanol–water partition coefficient (Wildman–Crippen LogP) is 3.11. The van der Waals surface area contributed by atoms with Gasteiger partial charge in [-0.2, -0.15) is 0 Å². The summed E-state index contributed by atoms with van der Waals surface area (Å²) in [5, 5.41) is 15.0. The molecule has 1 unspecified atom stereocenters. The molecule has 2 fully saturated rings. The zero-order valence-electron chi connectivity index (χ0n) is 19.0. The Morgan fingerprint density at radius 1 is 1.29 bits per heavy atom. The molecule has 2 aromatic heterocycles. The van der Waals surface area contributed by atoms with E-state index in [1.807, 2.05) is 11.8 Å². The molecule has 2 aliphatic rings. The van der Waals surface area contributed by atoms with Gasteiger partial charge in [0.2, 0.25) is 11.9 Å². The summed E-state index contributed by atoms with van der Waals surface area (Å²) in [5.74, 6) is 0.370. The van der Waals surface area contributed by atoms with Gasteiger partial charge in [-0.1, -0.05) is 0 Å². The van der Waals surface area contributed by atoms with Crippen LogP contribution in [0.1, 0.15) is 44.3 Å². The van der Waals surface area contributed by atoms with Crippen molar-refractivity contribution in [2.75, 3.05) is 36.5 Å². The van der Waals surface area contributed by atoms with Crippen molar-refractivity contribution in [2.45, 2.75) is 44.8 Å². The van der Waals surface area contributed by atoms with E-state index in [0.29, 0.717) is 79.2 Å². The quantitative estimate of drug-likeness (QED) is 0.452. The van der Waals surface area contributed by atoms with E-state index in [-0.39, 0.29) is 12.1 Å². The summed E-state index contributed by atoms with van der Waals surface area (Å²) in [6.07, 6.45) is 5.41. The maximum absolute atomic E-state index is 15.9. The Hall–Kier alpha value is -3.31. The second kappa shape index (κ2) is 9.51. The van der Waals surface area contributed by atoms with Gasteiger partial charge in [0.25, 0.3) is 0 Å². The van der Waals surface area contributed by atoms with Crippen LogP contribution in [-0.2, 0) is 4.74 Å². The van der Waals surface area contributed by atoms with Gasteiger partial charge < -0.3 is 25.0 Å². The highest BCUT2D eigenvalue weighted by Crippen LogP contribution is 2.39. The Morgan fingerprint density at radius 3 is 2.74 bits per heavy atom. The fraction of sp³-hybridized carbons (Fsp3) is 0.478. The average molecular weight is 470 g/mol. The Morgan fingerprint density at radius 2 is 2.06 bits per heavy atom. The van der Waals surface area contributed by atoms with E-state index < -0.39 is 18.0 Å². The number of H-pyrrole nitrogens is 1. The van der Waals surface area contributed by atoms with Gasteiger partial charge in [-0.25, -0.2) is 24.1 Å². The number of piperidine rings is 1. The number of aliphatic hydroxyl groups is 1. The Kier molecular flexibility index (Phi) is 6.29. The molecule has 10 nitrogen and oxygen atoms in total. The summed E-state index contributed by atoms with van der Waals surface area (Å²) in [6.45, 7) is 4.21. The number of carbonyl (C=O) groups is 1. The van der Waals surface area contributed by atoms with Crippen LogP contribution >= 0.6 is 0 Å². The summed E-state index contributed by atoms with van der Waals surface area (Å²) in [7, 11) is 0. The first-order chi connectivity index (χ1) is 16.5. The number of urea groups is 1. The van der Waals surface area contributed by atoms with Gasteiger partial charge in [-0.05, 0) is 38.7 Å². The molecule has 180 valence electrons. The number of aliphatic hydroxyl groups excluding tert-OH is 1. The molecule has 3 aromatic rings. The van der Waals surface area contributed by atoms with Crippen LogP contribution < -0.4 is 15.5 Å². The minimum atomic E-state index is -0.423. The van der Waals surface area contributed by atoms with Crippen LogP contribution in [0.3, 0.4) is 0 Å². The maximum atomic E-state index is 15.9. The van der Waals surface area contributed by atoms with Crippen molar-refractivity contribution in [3.63, 3.8) is 0 Å². The van der Waals surface area contributed by atoms with Crippen molar-refractivity contribution in [2.24, 2.45) is 0 Å². The van der Waals surface area contributed by atoms with Gasteiger partial charge in [-0.15, -0.1) is 0 Å². The molecular weight excluding hydrogens is 441 g/mol.